The third-order valence-electron chi connectivity index (χ3n) is 1.31. The Morgan fingerprint density at radius 3 is 2.00 bits per heavy atom. The molecule has 1 rings (SSSR count). The molecule has 0 aliphatic carbocycles. The minimum Gasteiger partial charge on any atom is -0.744 e. The summed E-state index contributed by atoms with van der Waals surface area (Å²) in [5.74, 6) is 2.31. The van der Waals surface area contributed by atoms with Crippen molar-refractivity contribution in [3.05, 3.63) is 29.8 Å². The van der Waals surface area contributed by atoms with Gasteiger partial charge in [0, 0.05) is 5.56 Å². The molecule has 0 N–H and O–H groups in total. The van der Waals surface area contributed by atoms with E-state index in [0.717, 1.165) is 0 Å². The predicted molar refractivity (Wildman–Crippen MR) is 42.3 cm³/mol. The predicted octanol–water partition coefficient (Wildman–Crippen LogP) is -2.42. The Bertz CT molecular complexity index is 414. The fraction of sp³-hybridized carbons (Fsp3) is 0. The van der Waals surface area contributed by atoms with Gasteiger partial charge in [0.1, 0.15) is 10.1 Å². The molecule has 0 unspecified atom stereocenters. The van der Waals surface area contributed by atoms with Crippen LogP contribution in [-0.4, -0.2) is 13.0 Å². The average Bonchev–Trinajstić information content (AvgIpc) is 2.03. The van der Waals surface area contributed by atoms with Gasteiger partial charge in [0.15, 0.2) is 0 Å². The van der Waals surface area contributed by atoms with Crippen molar-refractivity contribution in [2.45, 2.75) is 4.90 Å². The van der Waals surface area contributed by atoms with Crippen LogP contribution in [0.15, 0.2) is 29.2 Å². The SMILES string of the molecule is C#Cc1ccc(S(=O)(=O)[O-])cc1.[Cs+]. The first kappa shape index (κ1) is 13.7. The van der Waals surface area contributed by atoms with Gasteiger partial charge in [-0.05, 0) is 24.3 Å². The summed E-state index contributed by atoms with van der Waals surface area (Å²) in [5.41, 5.74) is 0.544. The molecule has 0 fully saturated rings. The van der Waals surface area contributed by atoms with Crippen LogP contribution in [0.3, 0.4) is 0 Å². The Kier molecular flexibility index (Phi) is 5.90. The zero-order valence-corrected chi connectivity index (χ0v) is 14.1. The molecular formula is C8H5CsO3S. The van der Waals surface area contributed by atoms with Crippen molar-refractivity contribution >= 4 is 10.1 Å². The van der Waals surface area contributed by atoms with E-state index in [2.05, 4.69) is 5.92 Å². The van der Waals surface area contributed by atoms with Crippen LogP contribution in [0, 0.1) is 12.3 Å². The van der Waals surface area contributed by atoms with Gasteiger partial charge in [-0.15, -0.1) is 6.42 Å². The van der Waals surface area contributed by atoms with E-state index in [4.69, 9.17) is 6.42 Å². The zero-order chi connectivity index (χ0) is 9.19. The van der Waals surface area contributed by atoms with Gasteiger partial charge in [0.2, 0.25) is 0 Å². The molecular weight excluding hydrogens is 309 g/mol. The molecule has 0 spiro atoms. The van der Waals surface area contributed by atoms with Gasteiger partial charge >= 0.3 is 68.9 Å². The molecule has 62 valence electrons. The molecule has 5 heteroatoms. The number of hydrogen-bond acceptors (Lipinski definition) is 3. The largest absolute Gasteiger partial charge is 1.00 e. The van der Waals surface area contributed by atoms with Crippen LogP contribution >= 0.6 is 0 Å². The maximum Gasteiger partial charge on any atom is 1.00 e. The van der Waals surface area contributed by atoms with Crippen LogP contribution in [0.5, 0.6) is 0 Å². The van der Waals surface area contributed by atoms with E-state index in [1.165, 1.54) is 24.3 Å². The van der Waals surface area contributed by atoms with Crippen LogP contribution in [0.2, 0.25) is 0 Å². The molecule has 0 amide bonds. The molecule has 0 bridgehead atoms. The molecule has 0 aliphatic rings. The Morgan fingerprint density at radius 2 is 1.69 bits per heavy atom. The first-order chi connectivity index (χ1) is 5.54. The van der Waals surface area contributed by atoms with E-state index in [9.17, 15) is 13.0 Å². The second kappa shape index (κ2) is 5.58. The summed E-state index contributed by atoms with van der Waals surface area (Å²) < 4.78 is 31.3. The van der Waals surface area contributed by atoms with Gasteiger partial charge in [-0.2, -0.15) is 0 Å². The van der Waals surface area contributed by atoms with Gasteiger partial charge in [0.25, 0.3) is 0 Å². The van der Waals surface area contributed by atoms with Gasteiger partial charge in [-0.3, -0.25) is 0 Å². The topological polar surface area (TPSA) is 57.2 Å². The third-order valence-corrected chi connectivity index (χ3v) is 2.16. The molecule has 0 aromatic heterocycles. The number of benzene rings is 1. The minimum absolute atomic E-state index is 0. The second-order valence-electron chi connectivity index (χ2n) is 2.12. The quantitative estimate of drug-likeness (QED) is 0.428. The fourth-order valence-corrected chi connectivity index (χ4v) is 1.19. The van der Waals surface area contributed by atoms with E-state index in [-0.39, 0.29) is 73.8 Å². The van der Waals surface area contributed by atoms with Crippen molar-refractivity contribution in [2.75, 3.05) is 0 Å². The summed E-state index contributed by atoms with van der Waals surface area (Å²) in [4.78, 5) is -0.262. The summed E-state index contributed by atoms with van der Waals surface area (Å²) in [6.07, 6.45) is 5.03. The van der Waals surface area contributed by atoms with Gasteiger partial charge in [-0.1, -0.05) is 5.92 Å². The first-order valence-corrected chi connectivity index (χ1v) is 4.47. The third kappa shape index (κ3) is 4.19. The fourth-order valence-electron chi connectivity index (χ4n) is 0.718. The monoisotopic (exact) mass is 314 g/mol. The number of rotatable bonds is 1. The standard InChI is InChI=1S/C8H6O3S.Cs/c1-2-7-3-5-8(6-4-7)12(9,10)11;/h1,3-6H,(H,9,10,11);/q;+1/p-1. The van der Waals surface area contributed by atoms with Crippen LogP contribution in [-0.2, 0) is 10.1 Å². The molecule has 0 aliphatic heterocycles. The van der Waals surface area contributed by atoms with E-state index in [1.54, 1.807) is 0 Å². The Morgan fingerprint density at radius 1 is 1.23 bits per heavy atom. The van der Waals surface area contributed by atoms with Crippen molar-refractivity contribution in [2.24, 2.45) is 0 Å². The molecule has 13 heavy (non-hydrogen) atoms. The second-order valence-corrected chi connectivity index (χ2v) is 3.50. The maximum atomic E-state index is 10.4. The number of terminal acetylenes is 1. The molecule has 0 saturated heterocycles. The van der Waals surface area contributed by atoms with Gasteiger partial charge in [-0.25, -0.2) is 8.42 Å². The van der Waals surface area contributed by atoms with Crippen LogP contribution in [0.25, 0.3) is 0 Å². The Labute approximate surface area is 136 Å². The van der Waals surface area contributed by atoms with E-state index in [0.29, 0.717) is 5.56 Å². The summed E-state index contributed by atoms with van der Waals surface area (Å²) in [7, 11) is -4.35. The Hall–Kier alpha value is 0.742. The summed E-state index contributed by atoms with van der Waals surface area (Å²) in [6, 6.07) is 5.20. The molecule has 0 radical (unpaired) electrons. The average molecular weight is 314 g/mol. The number of hydrogen-bond donors (Lipinski definition) is 0. The van der Waals surface area contributed by atoms with Crippen molar-refractivity contribution < 1.29 is 81.9 Å². The van der Waals surface area contributed by atoms with Crippen LogP contribution in [0.1, 0.15) is 5.56 Å². The Balaban J connectivity index is 0.00000144. The molecule has 0 heterocycles. The van der Waals surface area contributed by atoms with Gasteiger partial charge < -0.3 is 4.55 Å². The zero-order valence-electron chi connectivity index (χ0n) is 7.02. The van der Waals surface area contributed by atoms with Crippen molar-refractivity contribution in [1.29, 1.82) is 0 Å². The maximum absolute atomic E-state index is 10.4. The van der Waals surface area contributed by atoms with Crippen molar-refractivity contribution in [1.82, 2.24) is 0 Å². The summed E-state index contributed by atoms with van der Waals surface area (Å²) in [6.45, 7) is 0. The van der Waals surface area contributed by atoms with Crippen molar-refractivity contribution in [3.8, 4) is 12.3 Å². The molecule has 0 saturated carbocycles. The molecule has 1 aromatic carbocycles. The van der Waals surface area contributed by atoms with Crippen molar-refractivity contribution in [3.63, 3.8) is 0 Å². The van der Waals surface area contributed by atoms with Gasteiger partial charge in [0.05, 0.1) is 4.90 Å². The van der Waals surface area contributed by atoms with E-state index < -0.39 is 10.1 Å². The first-order valence-electron chi connectivity index (χ1n) is 3.06. The minimum atomic E-state index is -4.35. The summed E-state index contributed by atoms with van der Waals surface area (Å²) >= 11 is 0. The summed E-state index contributed by atoms with van der Waals surface area (Å²) in [5, 5.41) is 0. The van der Waals surface area contributed by atoms with E-state index in [1.807, 2.05) is 0 Å². The molecule has 0 atom stereocenters. The van der Waals surface area contributed by atoms with Crippen LogP contribution in [0.4, 0.5) is 0 Å². The molecule has 3 nitrogen and oxygen atoms in total. The van der Waals surface area contributed by atoms with Crippen LogP contribution < -0.4 is 68.9 Å². The van der Waals surface area contributed by atoms with E-state index >= 15 is 0 Å². The smallest absolute Gasteiger partial charge is 0.744 e. The normalized spacial score (nSPS) is 9.85. The molecule has 1 aromatic rings.